The Labute approximate surface area is 231 Å². The van der Waals surface area contributed by atoms with Gasteiger partial charge in [0.05, 0.1) is 19.7 Å². The molecule has 0 bridgehead atoms. The molecule has 0 aliphatic heterocycles. The number of methoxy groups -OCH3 is 2. The summed E-state index contributed by atoms with van der Waals surface area (Å²) in [5.41, 5.74) is 2.57. The summed E-state index contributed by atoms with van der Waals surface area (Å²) in [5.74, 6) is -0.0628. The highest BCUT2D eigenvalue weighted by atomic mass is 19.1. The molecular weight excluding hydrogens is 513 g/mol. The van der Waals surface area contributed by atoms with Crippen molar-refractivity contribution in [3.8, 4) is 11.5 Å². The molecule has 1 heterocycles. The normalized spacial score (nSPS) is 14.2. The number of para-hydroxylation sites is 1. The Bertz CT molecular complexity index is 1460. The van der Waals surface area contributed by atoms with Gasteiger partial charge in [-0.25, -0.2) is 9.07 Å². The third-order valence-corrected chi connectivity index (χ3v) is 7.24. The fraction of sp³-hybridized carbons (Fsp3) is 0.333. The molecule has 1 fully saturated rings. The van der Waals surface area contributed by atoms with Crippen molar-refractivity contribution in [1.82, 2.24) is 25.2 Å². The van der Waals surface area contributed by atoms with Crippen LogP contribution in [-0.2, 0) is 22.7 Å². The van der Waals surface area contributed by atoms with Crippen molar-refractivity contribution in [1.29, 1.82) is 0 Å². The fourth-order valence-corrected chi connectivity index (χ4v) is 5.17. The lowest BCUT2D eigenvalue weighted by atomic mass is 10.0. The van der Waals surface area contributed by atoms with E-state index >= 15 is 0 Å². The maximum Gasteiger partial charge on any atom is 0.247 e. The van der Waals surface area contributed by atoms with E-state index in [9.17, 15) is 14.0 Å². The van der Waals surface area contributed by atoms with Crippen LogP contribution in [-0.4, -0.2) is 52.0 Å². The van der Waals surface area contributed by atoms with Crippen LogP contribution in [0, 0.1) is 5.82 Å². The number of fused-ring (bicyclic) bond motifs is 1. The van der Waals surface area contributed by atoms with E-state index in [-0.39, 0.29) is 36.8 Å². The Morgan fingerprint density at radius 2 is 1.70 bits per heavy atom. The van der Waals surface area contributed by atoms with Crippen LogP contribution in [0.5, 0.6) is 11.5 Å². The number of ether oxygens (including phenoxy) is 2. The highest BCUT2D eigenvalue weighted by Gasteiger charge is 2.34. The van der Waals surface area contributed by atoms with Crippen LogP contribution in [0.3, 0.4) is 0 Å². The van der Waals surface area contributed by atoms with Crippen molar-refractivity contribution >= 4 is 22.8 Å². The number of halogens is 1. The fourth-order valence-electron chi connectivity index (χ4n) is 5.17. The Morgan fingerprint density at radius 3 is 2.38 bits per heavy atom. The Kier molecular flexibility index (Phi) is 8.23. The van der Waals surface area contributed by atoms with Gasteiger partial charge in [-0.15, -0.1) is 5.10 Å². The minimum atomic E-state index is -1.02. The molecular formula is C30H32FN5O4. The molecule has 5 rings (SSSR count). The van der Waals surface area contributed by atoms with E-state index in [4.69, 9.17) is 9.47 Å². The zero-order valence-corrected chi connectivity index (χ0v) is 22.5. The van der Waals surface area contributed by atoms with Crippen molar-refractivity contribution in [2.45, 2.75) is 50.9 Å². The quantitative estimate of drug-likeness (QED) is 0.317. The number of rotatable bonds is 10. The van der Waals surface area contributed by atoms with Crippen molar-refractivity contribution in [3.05, 3.63) is 83.7 Å². The van der Waals surface area contributed by atoms with E-state index in [2.05, 4.69) is 15.6 Å². The van der Waals surface area contributed by atoms with E-state index in [1.54, 1.807) is 30.3 Å². The predicted molar refractivity (Wildman–Crippen MR) is 147 cm³/mol. The maximum atomic E-state index is 14.1. The summed E-state index contributed by atoms with van der Waals surface area (Å²) in [4.78, 5) is 29.6. The number of carbonyl (C=O) groups excluding carboxylic acids is 2. The number of hydrogen-bond donors (Lipinski definition) is 1. The average molecular weight is 546 g/mol. The van der Waals surface area contributed by atoms with Crippen LogP contribution in [0.4, 0.5) is 4.39 Å². The standard InChI is InChI=1S/C30H32FN5O4/c1-39-24-15-21(16-25(17-24)40-2)29(30(38)32-23-7-3-4-8-23)35(18-20-11-13-22(31)14-12-20)28(37)19-36-27-10-6-5-9-26(27)33-34-36/h5-6,9-17,23,29H,3-4,7-8,18-19H2,1-2H3,(H,32,38). The number of carbonyl (C=O) groups is 2. The van der Waals surface area contributed by atoms with Crippen LogP contribution < -0.4 is 14.8 Å². The number of aromatic nitrogens is 3. The van der Waals surface area contributed by atoms with Gasteiger partial charge in [0.2, 0.25) is 11.8 Å². The van der Waals surface area contributed by atoms with Crippen LogP contribution in [0.15, 0.2) is 66.7 Å². The lowest BCUT2D eigenvalue weighted by molar-refractivity contribution is -0.142. The van der Waals surface area contributed by atoms with Gasteiger partial charge in [-0.1, -0.05) is 42.3 Å². The first kappa shape index (κ1) is 27.1. The first-order valence-corrected chi connectivity index (χ1v) is 13.3. The summed E-state index contributed by atoms with van der Waals surface area (Å²) >= 11 is 0. The summed E-state index contributed by atoms with van der Waals surface area (Å²) in [5, 5.41) is 11.5. The predicted octanol–water partition coefficient (Wildman–Crippen LogP) is 4.42. The molecule has 0 saturated heterocycles. The van der Waals surface area contributed by atoms with Crippen LogP contribution in [0.25, 0.3) is 11.0 Å². The third-order valence-electron chi connectivity index (χ3n) is 7.24. The van der Waals surface area contributed by atoms with E-state index in [1.165, 1.54) is 35.9 Å². The molecule has 1 unspecified atom stereocenters. The topological polar surface area (TPSA) is 98.6 Å². The number of amides is 2. The molecule has 4 aromatic rings. The van der Waals surface area contributed by atoms with Gasteiger partial charge in [-0.05, 0) is 60.4 Å². The van der Waals surface area contributed by atoms with Gasteiger partial charge < -0.3 is 19.7 Å². The SMILES string of the molecule is COc1cc(OC)cc(C(C(=O)NC2CCCC2)N(Cc2ccc(F)cc2)C(=O)Cn2nnc3ccccc32)c1. The number of nitrogens with one attached hydrogen (secondary N) is 1. The second-order valence-electron chi connectivity index (χ2n) is 9.92. The van der Waals surface area contributed by atoms with Gasteiger partial charge in [0.25, 0.3) is 0 Å². The molecule has 1 aliphatic rings. The Morgan fingerprint density at radius 1 is 1.02 bits per heavy atom. The third kappa shape index (κ3) is 6.06. The van der Waals surface area contributed by atoms with Gasteiger partial charge in [-0.2, -0.15) is 0 Å². The van der Waals surface area contributed by atoms with E-state index in [0.717, 1.165) is 25.7 Å². The molecule has 0 spiro atoms. The molecule has 1 N–H and O–H groups in total. The van der Waals surface area contributed by atoms with Crippen molar-refractivity contribution < 1.29 is 23.5 Å². The van der Waals surface area contributed by atoms with Gasteiger partial charge in [-0.3, -0.25) is 9.59 Å². The summed E-state index contributed by atoms with van der Waals surface area (Å²) in [6, 6.07) is 17.4. The second kappa shape index (κ2) is 12.1. The average Bonchev–Trinajstić information content (AvgIpc) is 3.63. The zero-order chi connectivity index (χ0) is 28.1. The Balaban J connectivity index is 1.57. The molecule has 9 nitrogen and oxygen atoms in total. The van der Waals surface area contributed by atoms with Crippen LogP contribution in [0.1, 0.15) is 42.9 Å². The minimum absolute atomic E-state index is 0.0320. The van der Waals surface area contributed by atoms with Crippen LogP contribution >= 0.6 is 0 Å². The molecule has 1 aromatic heterocycles. The molecule has 208 valence electrons. The largest absolute Gasteiger partial charge is 0.497 e. The number of nitrogens with zero attached hydrogens (tertiary/aromatic N) is 4. The number of hydrogen-bond acceptors (Lipinski definition) is 6. The van der Waals surface area contributed by atoms with Crippen molar-refractivity contribution in [2.24, 2.45) is 0 Å². The van der Waals surface area contributed by atoms with Crippen LogP contribution in [0.2, 0.25) is 0 Å². The molecule has 0 radical (unpaired) electrons. The van der Waals surface area contributed by atoms with Gasteiger partial charge in [0, 0.05) is 18.7 Å². The molecule has 1 saturated carbocycles. The highest BCUT2D eigenvalue weighted by Crippen LogP contribution is 2.32. The molecule has 10 heteroatoms. The summed E-state index contributed by atoms with van der Waals surface area (Å²) in [6.45, 7) is -0.0793. The molecule has 2 amide bonds. The summed E-state index contributed by atoms with van der Waals surface area (Å²) < 4.78 is 26.2. The molecule has 3 aromatic carbocycles. The smallest absolute Gasteiger partial charge is 0.247 e. The zero-order valence-electron chi connectivity index (χ0n) is 22.5. The van der Waals surface area contributed by atoms with E-state index in [0.29, 0.717) is 33.7 Å². The molecule has 1 aliphatic carbocycles. The molecule has 1 atom stereocenters. The van der Waals surface area contributed by atoms with Gasteiger partial charge >= 0.3 is 0 Å². The van der Waals surface area contributed by atoms with Crippen molar-refractivity contribution in [3.63, 3.8) is 0 Å². The lowest BCUT2D eigenvalue weighted by Crippen LogP contribution is -2.46. The Hall–Kier alpha value is -4.47. The second-order valence-corrected chi connectivity index (χ2v) is 9.92. The van der Waals surface area contributed by atoms with E-state index < -0.39 is 6.04 Å². The number of benzene rings is 3. The first-order valence-electron chi connectivity index (χ1n) is 13.3. The monoisotopic (exact) mass is 545 g/mol. The maximum absolute atomic E-state index is 14.1. The van der Waals surface area contributed by atoms with Crippen molar-refractivity contribution in [2.75, 3.05) is 14.2 Å². The first-order chi connectivity index (χ1) is 19.4. The van der Waals surface area contributed by atoms with Gasteiger partial charge in [0.1, 0.15) is 35.4 Å². The lowest BCUT2D eigenvalue weighted by Gasteiger charge is -2.33. The van der Waals surface area contributed by atoms with Gasteiger partial charge in [0.15, 0.2) is 0 Å². The van der Waals surface area contributed by atoms with E-state index in [1.807, 2.05) is 24.3 Å². The highest BCUT2D eigenvalue weighted by molar-refractivity contribution is 5.89. The summed E-state index contributed by atoms with van der Waals surface area (Å²) in [7, 11) is 3.06. The molecule has 40 heavy (non-hydrogen) atoms. The summed E-state index contributed by atoms with van der Waals surface area (Å²) in [6.07, 6.45) is 3.86. The minimum Gasteiger partial charge on any atom is -0.497 e.